The first-order valence-electron chi connectivity index (χ1n) is 11.0. The lowest BCUT2D eigenvalue weighted by molar-refractivity contribution is 0.922. The number of benzene rings is 4. The largest absolute Gasteiger partial charge is 0.0651 e. The van der Waals surface area contributed by atoms with Gasteiger partial charge in [0, 0.05) is 11.1 Å². The van der Waals surface area contributed by atoms with Crippen molar-refractivity contribution in [3.8, 4) is 23.0 Å². The summed E-state index contributed by atoms with van der Waals surface area (Å²) in [4.78, 5) is 0. The van der Waals surface area contributed by atoms with E-state index in [1.807, 2.05) is 0 Å². The van der Waals surface area contributed by atoms with Crippen LogP contribution in [0.2, 0.25) is 0 Å². The van der Waals surface area contributed by atoms with Gasteiger partial charge in [0.2, 0.25) is 0 Å². The van der Waals surface area contributed by atoms with Crippen molar-refractivity contribution in [1.29, 1.82) is 0 Å². The molecule has 0 heteroatoms. The Labute approximate surface area is 180 Å². The Morgan fingerprint density at radius 1 is 0.500 bits per heavy atom. The Kier molecular flexibility index (Phi) is 6.31. The van der Waals surface area contributed by atoms with Crippen LogP contribution in [-0.2, 0) is 12.8 Å². The van der Waals surface area contributed by atoms with Gasteiger partial charge in [-0.05, 0) is 70.1 Å². The van der Waals surface area contributed by atoms with Crippen molar-refractivity contribution in [1.82, 2.24) is 0 Å². The summed E-state index contributed by atoms with van der Waals surface area (Å²) in [5.41, 5.74) is 7.40. The molecular weight excluding hydrogens is 360 g/mol. The average molecular weight is 389 g/mol. The fourth-order valence-electron chi connectivity index (χ4n) is 3.86. The molecule has 0 aliphatic rings. The summed E-state index contributed by atoms with van der Waals surface area (Å²) < 4.78 is 0. The topological polar surface area (TPSA) is 0 Å². The maximum absolute atomic E-state index is 3.32. The van der Waals surface area contributed by atoms with Gasteiger partial charge in [-0.2, -0.15) is 0 Å². The van der Waals surface area contributed by atoms with Gasteiger partial charge in [0.1, 0.15) is 0 Å². The highest BCUT2D eigenvalue weighted by atomic mass is 14.0. The lowest BCUT2D eigenvalue weighted by Gasteiger charge is -2.04. The molecule has 0 aliphatic heterocycles. The number of fused-ring (bicyclic) bond motifs is 1. The summed E-state index contributed by atoms with van der Waals surface area (Å²) >= 11 is 0. The first-order valence-corrected chi connectivity index (χ1v) is 11.0. The van der Waals surface area contributed by atoms with Crippen molar-refractivity contribution in [3.63, 3.8) is 0 Å². The van der Waals surface area contributed by atoms with Crippen molar-refractivity contribution < 1.29 is 0 Å². The Bertz CT molecular complexity index is 1180. The third kappa shape index (κ3) is 4.81. The predicted octanol–water partition coefficient (Wildman–Crippen LogP) is 7.81. The molecule has 0 amide bonds. The van der Waals surface area contributed by atoms with Crippen LogP contribution in [0.1, 0.15) is 48.9 Å². The molecule has 4 aromatic rings. The summed E-state index contributed by atoms with van der Waals surface area (Å²) in [5, 5.41) is 2.55. The summed E-state index contributed by atoms with van der Waals surface area (Å²) in [5.74, 6) is 6.64. The number of hydrogen-bond acceptors (Lipinski definition) is 0. The van der Waals surface area contributed by atoms with Crippen molar-refractivity contribution >= 4 is 10.8 Å². The van der Waals surface area contributed by atoms with E-state index in [-0.39, 0.29) is 0 Å². The number of hydrogen-bond donors (Lipinski definition) is 0. The molecule has 30 heavy (non-hydrogen) atoms. The van der Waals surface area contributed by atoms with Gasteiger partial charge < -0.3 is 0 Å². The van der Waals surface area contributed by atoms with E-state index >= 15 is 0 Å². The van der Waals surface area contributed by atoms with Crippen LogP contribution >= 0.6 is 0 Å². The fraction of sp³-hybridized carbons (Fsp3) is 0.200. The molecule has 0 nitrogen and oxygen atoms in total. The van der Waals surface area contributed by atoms with Gasteiger partial charge in [-0.1, -0.05) is 99.2 Å². The Balaban J connectivity index is 1.50. The summed E-state index contributed by atoms with van der Waals surface area (Å²) in [6.45, 7) is 4.44. The van der Waals surface area contributed by atoms with Crippen LogP contribution in [0.4, 0.5) is 0 Å². The molecule has 148 valence electrons. The lowest BCUT2D eigenvalue weighted by atomic mass is 10.0. The molecule has 0 atom stereocenters. The third-order valence-electron chi connectivity index (χ3n) is 5.51. The molecule has 4 aromatic carbocycles. The highest BCUT2D eigenvalue weighted by Gasteiger charge is 2.00. The van der Waals surface area contributed by atoms with Gasteiger partial charge in [0.05, 0.1) is 0 Å². The second-order valence-electron chi connectivity index (χ2n) is 7.92. The van der Waals surface area contributed by atoms with E-state index < -0.39 is 0 Å². The maximum atomic E-state index is 3.32. The minimum atomic E-state index is 1.04. The van der Waals surface area contributed by atoms with E-state index in [0.717, 1.165) is 24.0 Å². The third-order valence-corrected chi connectivity index (χ3v) is 5.51. The molecule has 0 heterocycles. The zero-order valence-electron chi connectivity index (χ0n) is 17.9. The summed E-state index contributed by atoms with van der Waals surface area (Å²) in [6, 6.07) is 30.7. The Morgan fingerprint density at radius 2 is 1.00 bits per heavy atom. The first kappa shape index (κ1) is 20.0. The molecule has 0 aliphatic carbocycles. The molecule has 0 saturated heterocycles. The molecule has 0 bridgehead atoms. The molecule has 0 fully saturated rings. The number of aryl methyl sites for hydroxylation is 2. The zero-order valence-corrected chi connectivity index (χ0v) is 17.9. The lowest BCUT2D eigenvalue weighted by Crippen LogP contribution is -1.85. The van der Waals surface area contributed by atoms with Gasteiger partial charge in [-0.15, -0.1) is 0 Å². The Hall–Kier alpha value is -3.30. The number of rotatable bonds is 5. The van der Waals surface area contributed by atoms with Crippen molar-refractivity contribution in [3.05, 3.63) is 107 Å². The average Bonchev–Trinajstić information content (AvgIpc) is 2.79. The molecule has 0 spiro atoms. The normalized spacial score (nSPS) is 10.6. The summed E-state index contributed by atoms with van der Waals surface area (Å²) in [7, 11) is 0. The van der Waals surface area contributed by atoms with E-state index in [0.29, 0.717) is 0 Å². The monoisotopic (exact) mass is 388 g/mol. The van der Waals surface area contributed by atoms with Gasteiger partial charge in [-0.25, -0.2) is 0 Å². The molecule has 0 saturated carbocycles. The second kappa shape index (κ2) is 9.47. The van der Waals surface area contributed by atoms with E-state index in [1.54, 1.807) is 0 Å². The molecule has 0 unspecified atom stereocenters. The highest BCUT2D eigenvalue weighted by molar-refractivity contribution is 5.84. The van der Waals surface area contributed by atoms with Crippen LogP contribution < -0.4 is 0 Å². The summed E-state index contributed by atoms with van der Waals surface area (Å²) in [6.07, 6.45) is 4.64. The van der Waals surface area contributed by atoms with E-state index in [4.69, 9.17) is 0 Å². The molecular formula is C30H28. The van der Waals surface area contributed by atoms with Gasteiger partial charge in [0.25, 0.3) is 0 Å². The second-order valence-corrected chi connectivity index (χ2v) is 7.92. The molecule has 0 N–H and O–H groups in total. The van der Waals surface area contributed by atoms with Gasteiger partial charge in [-0.3, -0.25) is 0 Å². The molecule has 4 rings (SSSR count). The minimum absolute atomic E-state index is 1.04. The zero-order chi connectivity index (χ0) is 20.8. The maximum Gasteiger partial charge on any atom is 0.0255 e. The standard InChI is InChI=1S/C30H28/c1-3-5-23-9-15-27(16-10-23)28-17-11-24(12-18-28)7-8-26-14-20-29-21-25(6-4-2)13-19-30(29)22-26/h9-22H,3-6H2,1-2H3. The highest BCUT2D eigenvalue weighted by Crippen LogP contribution is 2.21. The van der Waals surface area contributed by atoms with Crippen LogP contribution in [0, 0.1) is 11.8 Å². The van der Waals surface area contributed by atoms with E-state index in [2.05, 4.69) is 111 Å². The van der Waals surface area contributed by atoms with Gasteiger partial charge >= 0.3 is 0 Å². The Morgan fingerprint density at radius 3 is 1.70 bits per heavy atom. The van der Waals surface area contributed by atoms with Crippen LogP contribution in [0.3, 0.4) is 0 Å². The van der Waals surface area contributed by atoms with Crippen LogP contribution in [0.15, 0.2) is 84.9 Å². The van der Waals surface area contributed by atoms with Crippen LogP contribution in [0.5, 0.6) is 0 Å². The molecule has 0 radical (unpaired) electrons. The smallest absolute Gasteiger partial charge is 0.0255 e. The minimum Gasteiger partial charge on any atom is -0.0651 e. The SMILES string of the molecule is CCCc1ccc(-c2ccc(C#Cc3ccc4cc(CCC)ccc4c3)cc2)cc1. The predicted molar refractivity (Wildman–Crippen MR) is 130 cm³/mol. The van der Waals surface area contributed by atoms with Gasteiger partial charge in [0.15, 0.2) is 0 Å². The van der Waals surface area contributed by atoms with E-state index in [9.17, 15) is 0 Å². The molecule has 0 aromatic heterocycles. The van der Waals surface area contributed by atoms with Crippen molar-refractivity contribution in [2.45, 2.75) is 39.5 Å². The quantitative estimate of drug-likeness (QED) is 0.306. The van der Waals surface area contributed by atoms with Crippen molar-refractivity contribution in [2.24, 2.45) is 0 Å². The fourth-order valence-corrected chi connectivity index (χ4v) is 3.86. The first-order chi connectivity index (χ1) is 14.7. The van der Waals surface area contributed by atoms with Crippen LogP contribution in [-0.4, -0.2) is 0 Å². The van der Waals surface area contributed by atoms with Crippen molar-refractivity contribution in [2.75, 3.05) is 0 Å². The van der Waals surface area contributed by atoms with E-state index in [1.165, 1.54) is 45.9 Å². The van der Waals surface area contributed by atoms with Crippen LogP contribution in [0.25, 0.3) is 21.9 Å².